The summed E-state index contributed by atoms with van der Waals surface area (Å²) >= 11 is 5.77. The molecule has 0 radical (unpaired) electrons. The summed E-state index contributed by atoms with van der Waals surface area (Å²) in [6.07, 6.45) is 0.866. The Kier molecular flexibility index (Phi) is 9.84. The maximum absolute atomic E-state index is 13.0. The predicted octanol–water partition coefficient (Wildman–Crippen LogP) is 4.25. The number of fused-ring (bicyclic) bond motifs is 1. The summed E-state index contributed by atoms with van der Waals surface area (Å²) in [6.45, 7) is 8.10. The van der Waals surface area contributed by atoms with Crippen LogP contribution in [-0.4, -0.2) is 66.3 Å². The molecule has 3 aromatic rings. The van der Waals surface area contributed by atoms with Crippen molar-refractivity contribution in [2.75, 3.05) is 45.7 Å². The van der Waals surface area contributed by atoms with Crippen LogP contribution >= 0.6 is 12.2 Å². The summed E-state index contributed by atoms with van der Waals surface area (Å²) in [7, 11) is 2.94. The van der Waals surface area contributed by atoms with Gasteiger partial charge in [0.25, 0.3) is 5.56 Å². The minimum Gasteiger partial charge on any atom is -0.497 e. The number of hydrogen-bond acceptors (Lipinski definition) is 6. The maximum atomic E-state index is 13.0. The predicted molar refractivity (Wildman–Crippen MR) is 148 cm³/mol. The summed E-state index contributed by atoms with van der Waals surface area (Å²) < 4.78 is 10.2. The van der Waals surface area contributed by atoms with Gasteiger partial charge in [0.15, 0.2) is 5.11 Å². The highest BCUT2D eigenvalue weighted by Crippen LogP contribution is 2.20. The van der Waals surface area contributed by atoms with Crippen LogP contribution in [0.4, 0.5) is 5.69 Å². The molecule has 0 fully saturated rings. The van der Waals surface area contributed by atoms with Gasteiger partial charge in [-0.05, 0) is 74.0 Å². The number of carbonyl (C=O) groups excluding carboxylic acids is 1. The Morgan fingerprint density at radius 2 is 1.81 bits per heavy atom. The van der Waals surface area contributed by atoms with E-state index in [-0.39, 0.29) is 5.56 Å². The van der Waals surface area contributed by atoms with Crippen molar-refractivity contribution >= 4 is 39.9 Å². The fourth-order valence-corrected chi connectivity index (χ4v) is 4.29. The number of H-pyrrole nitrogens is 1. The number of aromatic amines is 1. The molecule has 3 rings (SSSR count). The molecule has 1 aromatic heterocycles. The van der Waals surface area contributed by atoms with E-state index in [0.717, 1.165) is 31.4 Å². The quantitative estimate of drug-likeness (QED) is 0.292. The fourth-order valence-electron chi connectivity index (χ4n) is 4.03. The minimum atomic E-state index is -0.449. The molecule has 2 N–H and O–H groups in total. The fraction of sp³-hybridized carbons (Fsp3) is 0.370. The highest BCUT2D eigenvalue weighted by Gasteiger charge is 2.17. The summed E-state index contributed by atoms with van der Waals surface area (Å²) in [5.41, 5.74) is 2.08. The van der Waals surface area contributed by atoms with Gasteiger partial charge in [-0.3, -0.25) is 4.79 Å². The first kappa shape index (κ1) is 27.2. The van der Waals surface area contributed by atoms with Crippen molar-refractivity contribution in [3.63, 3.8) is 0 Å². The van der Waals surface area contributed by atoms with E-state index in [2.05, 4.69) is 29.0 Å². The van der Waals surface area contributed by atoms with Crippen molar-refractivity contribution in [2.24, 2.45) is 0 Å². The Bertz CT molecular complexity index is 1260. The molecule has 8 nitrogen and oxygen atoms in total. The van der Waals surface area contributed by atoms with Crippen LogP contribution in [0.2, 0.25) is 0 Å². The van der Waals surface area contributed by atoms with Gasteiger partial charge in [0.2, 0.25) is 0 Å². The summed E-state index contributed by atoms with van der Waals surface area (Å²) in [6, 6.07) is 14.5. The molecule has 0 saturated heterocycles. The summed E-state index contributed by atoms with van der Waals surface area (Å²) in [5, 5.41) is 4.53. The molecule has 0 bridgehead atoms. The van der Waals surface area contributed by atoms with Crippen molar-refractivity contribution in [1.82, 2.24) is 14.8 Å². The number of carbonyl (C=O) groups is 1. The van der Waals surface area contributed by atoms with Crippen LogP contribution in [0.1, 0.15) is 36.2 Å². The van der Waals surface area contributed by atoms with Gasteiger partial charge in [-0.1, -0.05) is 26.0 Å². The Hall–Kier alpha value is -3.43. The van der Waals surface area contributed by atoms with E-state index in [1.165, 1.54) is 7.11 Å². The Morgan fingerprint density at radius 3 is 2.50 bits per heavy atom. The van der Waals surface area contributed by atoms with E-state index in [1.54, 1.807) is 31.4 Å². The zero-order valence-electron chi connectivity index (χ0n) is 21.3. The number of ether oxygens (including phenoxy) is 2. The number of esters is 1. The van der Waals surface area contributed by atoms with Crippen LogP contribution in [0.25, 0.3) is 10.9 Å². The second-order valence-electron chi connectivity index (χ2n) is 8.35. The number of benzene rings is 2. The third-order valence-electron chi connectivity index (χ3n) is 6.15. The van der Waals surface area contributed by atoms with Crippen molar-refractivity contribution in [2.45, 2.75) is 26.8 Å². The lowest BCUT2D eigenvalue weighted by molar-refractivity contribution is 0.0602. The van der Waals surface area contributed by atoms with Gasteiger partial charge < -0.3 is 29.6 Å². The molecule has 0 aliphatic rings. The van der Waals surface area contributed by atoms with Gasteiger partial charge in [-0.15, -0.1) is 0 Å². The summed E-state index contributed by atoms with van der Waals surface area (Å²) in [5.74, 6) is 0.231. The molecule has 0 unspecified atom stereocenters. The first-order valence-corrected chi connectivity index (χ1v) is 12.5. The molecular weight excluding hydrogens is 476 g/mol. The number of nitrogens with one attached hydrogen (secondary N) is 2. The van der Waals surface area contributed by atoms with E-state index >= 15 is 0 Å². The topological polar surface area (TPSA) is 86.9 Å². The maximum Gasteiger partial charge on any atom is 0.339 e. The number of methoxy groups -OCH3 is 2. The molecular formula is C27H34N4O4S. The van der Waals surface area contributed by atoms with Crippen LogP contribution in [-0.2, 0) is 11.3 Å². The molecule has 2 aromatic carbocycles. The van der Waals surface area contributed by atoms with E-state index in [0.29, 0.717) is 46.3 Å². The van der Waals surface area contributed by atoms with E-state index in [9.17, 15) is 9.59 Å². The molecule has 0 aliphatic carbocycles. The smallest absolute Gasteiger partial charge is 0.339 e. The highest BCUT2D eigenvalue weighted by atomic mass is 32.1. The Balaban J connectivity index is 1.87. The van der Waals surface area contributed by atoms with Gasteiger partial charge in [0, 0.05) is 18.2 Å². The highest BCUT2D eigenvalue weighted by molar-refractivity contribution is 7.80. The molecule has 0 spiro atoms. The molecule has 9 heteroatoms. The second kappa shape index (κ2) is 13.0. The Labute approximate surface area is 217 Å². The lowest BCUT2D eigenvalue weighted by atomic mass is 10.1. The number of para-hydroxylation sites is 1. The van der Waals surface area contributed by atoms with Gasteiger partial charge in [-0.2, -0.15) is 0 Å². The number of anilines is 1. The minimum absolute atomic E-state index is 0.178. The van der Waals surface area contributed by atoms with Gasteiger partial charge in [-0.25, -0.2) is 4.79 Å². The first-order chi connectivity index (χ1) is 17.4. The number of aromatic nitrogens is 1. The van der Waals surface area contributed by atoms with Crippen LogP contribution in [0, 0.1) is 0 Å². The number of thiocarbonyl (C=S) groups is 1. The normalized spacial score (nSPS) is 10.9. The van der Waals surface area contributed by atoms with E-state index in [4.69, 9.17) is 21.7 Å². The van der Waals surface area contributed by atoms with Crippen LogP contribution in [0.3, 0.4) is 0 Å². The van der Waals surface area contributed by atoms with Gasteiger partial charge >= 0.3 is 5.97 Å². The average molecular weight is 511 g/mol. The molecule has 36 heavy (non-hydrogen) atoms. The van der Waals surface area contributed by atoms with Crippen LogP contribution in [0.15, 0.2) is 53.3 Å². The average Bonchev–Trinajstić information content (AvgIpc) is 2.90. The third-order valence-corrected chi connectivity index (χ3v) is 6.51. The lowest BCUT2D eigenvalue weighted by Crippen LogP contribution is -2.38. The van der Waals surface area contributed by atoms with Gasteiger partial charge in [0.1, 0.15) is 5.75 Å². The molecule has 192 valence electrons. The molecule has 0 amide bonds. The number of rotatable bonds is 11. The SMILES string of the molecule is CCN(CC)CCCN(Cc1cc2ccc(OC)cc2[nH]c1=O)C(=S)Nc1ccccc1C(=O)OC. The molecule has 1 heterocycles. The van der Waals surface area contributed by atoms with Crippen molar-refractivity contribution in [3.8, 4) is 5.75 Å². The number of nitrogens with zero attached hydrogens (tertiary/aromatic N) is 2. The van der Waals surface area contributed by atoms with Gasteiger partial charge in [0.05, 0.1) is 37.5 Å². The van der Waals surface area contributed by atoms with E-state index in [1.807, 2.05) is 29.2 Å². The summed E-state index contributed by atoms with van der Waals surface area (Å²) in [4.78, 5) is 32.4. The first-order valence-electron chi connectivity index (χ1n) is 12.1. The molecule has 0 saturated carbocycles. The number of pyridine rings is 1. The lowest BCUT2D eigenvalue weighted by Gasteiger charge is -2.27. The van der Waals surface area contributed by atoms with Crippen LogP contribution in [0.5, 0.6) is 5.75 Å². The van der Waals surface area contributed by atoms with E-state index < -0.39 is 5.97 Å². The largest absolute Gasteiger partial charge is 0.497 e. The third kappa shape index (κ3) is 6.83. The van der Waals surface area contributed by atoms with Crippen molar-refractivity contribution < 1.29 is 14.3 Å². The molecule has 0 atom stereocenters. The van der Waals surface area contributed by atoms with Crippen molar-refractivity contribution in [1.29, 1.82) is 0 Å². The van der Waals surface area contributed by atoms with Crippen molar-refractivity contribution in [3.05, 3.63) is 70.0 Å². The standard InChI is InChI=1S/C27H34N4O4S/c1-5-30(6-2)14-9-15-31(27(36)29-23-11-8-7-10-22(23)26(33)35-4)18-20-16-19-12-13-21(34-3)17-24(19)28-25(20)32/h7-8,10-13,16-17H,5-6,9,14-15,18H2,1-4H3,(H,28,32)(H,29,36). The zero-order valence-corrected chi connectivity index (χ0v) is 22.1. The van der Waals surface area contributed by atoms with Crippen LogP contribution < -0.4 is 15.6 Å². The number of hydrogen-bond donors (Lipinski definition) is 2. The Morgan fingerprint density at radius 1 is 1.06 bits per heavy atom. The molecule has 0 aliphatic heterocycles. The zero-order chi connectivity index (χ0) is 26.1. The monoisotopic (exact) mass is 510 g/mol. The second-order valence-corrected chi connectivity index (χ2v) is 8.73.